The van der Waals surface area contributed by atoms with Crippen LogP contribution in [0.3, 0.4) is 0 Å². The highest BCUT2D eigenvalue weighted by Gasteiger charge is 2.14. The molecule has 3 nitrogen and oxygen atoms in total. The van der Waals surface area contributed by atoms with Crippen LogP contribution in [-0.4, -0.2) is 9.55 Å². The van der Waals surface area contributed by atoms with E-state index < -0.39 is 0 Å². The molecule has 0 saturated carbocycles. The lowest BCUT2D eigenvalue weighted by atomic mass is 10.2. The average molecular weight is 222 g/mol. The van der Waals surface area contributed by atoms with Gasteiger partial charge in [-0.3, -0.25) is 4.98 Å². The summed E-state index contributed by atoms with van der Waals surface area (Å²) in [4.78, 5) is 4.21. The Labute approximate surface area is 97.9 Å². The van der Waals surface area contributed by atoms with Crippen molar-refractivity contribution in [3.8, 4) is 5.75 Å². The predicted octanol–water partition coefficient (Wildman–Crippen LogP) is 3.10. The van der Waals surface area contributed by atoms with E-state index in [0.717, 1.165) is 17.8 Å². The third-order valence-electron chi connectivity index (χ3n) is 3.23. The van der Waals surface area contributed by atoms with E-state index in [4.69, 9.17) is 4.74 Å². The number of rotatable bonds is 0. The van der Waals surface area contributed by atoms with Crippen molar-refractivity contribution in [1.82, 2.24) is 9.55 Å². The minimum Gasteiger partial charge on any atom is -0.463 e. The molecule has 0 aliphatic carbocycles. The van der Waals surface area contributed by atoms with Crippen molar-refractivity contribution >= 4 is 21.8 Å². The van der Waals surface area contributed by atoms with E-state index in [1.165, 1.54) is 16.3 Å². The normalized spacial score (nSPS) is 13.9. The molecule has 0 N–H and O–H groups in total. The third kappa shape index (κ3) is 1.08. The van der Waals surface area contributed by atoms with Gasteiger partial charge < -0.3 is 9.30 Å². The SMILES string of the molecule is C1=COc2cccc3c4cnccc4n(c23)C1. The molecule has 3 heterocycles. The van der Waals surface area contributed by atoms with Crippen LogP contribution in [0.4, 0.5) is 0 Å². The number of ether oxygens (including phenoxy) is 1. The van der Waals surface area contributed by atoms with Gasteiger partial charge >= 0.3 is 0 Å². The van der Waals surface area contributed by atoms with Gasteiger partial charge in [-0.1, -0.05) is 12.1 Å². The van der Waals surface area contributed by atoms with Crippen molar-refractivity contribution in [2.45, 2.75) is 6.54 Å². The van der Waals surface area contributed by atoms with Crippen LogP contribution in [0.1, 0.15) is 0 Å². The summed E-state index contributed by atoms with van der Waals surface area (Å²) in [7, 11) is 0. The van der Waals surface area contributed by atoms with Crippen LogP contribution in [0, 0.1) is 0 Å². The summed E-state index contributed by atoms with van der Waals surface area (Å²) in [6.07, 6.45) is 7.54. The second-order valence-electron chi connectivity index (χ2n) is 4.15. The van der Waals surface area contributed by atoms with E-state index in [1.807, 2.05) is 30.6 Å². The lowest BCUT2D eigenvalue weighted by Gasteiger charge is -2.03. The molecule has 0 radical (unpaired) electrons. The Kier molecular flexibility index (Phi) is 1.61. The first-order valence-electron chi connectivity index (χ1n) is 5.62. The number of para-hydroxylation sites is 1. The molecule has 0 amide bonds. The topological polar surface area (TPSA) is 27.1 Å². The summed E-state index contributed by atoms with van der Waals surface area (Å²) >= 11 is 0. The molecular weight excluding hydrogens is 212 g/mol. The van der Waals surface area contributed by atoms with Gasteiger partial charge in [0.15, 0.2) is 5.75 Å². The Hall–Kier alpha value is -2.29. The second-order valence-corrected chi connectivity index (χ2v) is 4.15. The van der Waals surface area contributed by atoms with Crippen molar-refractivity contribution in [2.75, 3.05) is 0 Å². The van der Waals surface area contributed by atoms with E-state index in [1.54, 1.807) is 6.26 Å². The first-order valence-corrected chi connectivity index (χ1v) is 5.62. The third-order valence-corrected chi connectivity index (χ3v) is 3.23. The Bertz CT molecular complexity index is 755. The van der Waals surface area contributed by atoms with Gasteiger partial charge in [-0.15, -0.1) is 0 Å². The van der Waals surface area contributed by atoms with Gasteiger partial charge in [0.1, 0.15) is 0 Å². The monoisotopic (exact) mass is 222 g/mol. The zero-order valence-electron chi connectivity index (χ0n) is 9.13. The molecule has 0 unspecified atom stereocenters. The highest BCUT2D eigenvalue weighted by atomic mass is 16.5. The van der Waals surface area contributed by atoms with Crippen molar-refractivity contribution in [3.05, 3.63) is 49.0 Å². The molecule has 1 aliphatic rings. The van der Waals surface area contributed by atoms with Crippen molar-refractivity contribution < 1.29 is 4.74 Å². The van der Waals surface area contributed by atoms with Crippen LogP contribution in [0.25, 0.3) is 21.8 Å². The number of allylic oxidation sites excluding steroid dienone is 1. The Morgan fingerprint density at radius 1 is 1.18 bits per heavy atom. The molecule has 3 aromatic rings. The summed E-state index contributed by atoms with van der Waals surface area (Å²) in [5.41, 5.74) is 2.36. The van der Waals surface area contributed by atoms with E-state index in [0.29, 0.717) is 0 Å². The average Bonchev–Trinajstić information content (AvgIpc) is 2.56. The summed E-state index contributed by atoms with van der Waals surface area (Å²) in [5.74, 6) is 0.910. The quantitative estimate of drug-likeness (QED) is 0.584. The van der Waals surface area contributed by atoms with Crippen molar-refractivity contribution in [2.24, 2.45) is 0 Å². The van der Waals surface area contributed by atoms with Crippen LogP contribution in [0.5, 0.6) is 5.75 Å². The fourth-order valence-corrected chi connectivity index (χ4v) is 2.52. The number of pyridine rings is 1. The van der Waals surface area contributed by atoms with Crippen molar-refractivity contribution in [3.63, 3.8) is 0 Å². The minimum absolute atomic E-state index is 0.834. The first-order chi connectivity index (χ1) is 8.45. The zero-order valence-corrected chi connectivity index (χ0v) is 9.13. The van der Waals surface area contributed by atoms with E-state index >= 15 is 0 Å². The molecule has 0 fully saturated rings. The lowest BCUT2D eigenvalue weighted by molar-refractivity contribution is 0.487. The molecular formula is C14H10N2O. The highest BCUT2D eigenvalue weighted by Crippen LogP contribution is 2.35. The van der Waals surface area contributed by atoms with Gasteiger partial charge in [0, 0.05) is 29.7 Å². The predicted molar refractivity (Wildman–Crippen MR) is 67.0 cm³/mol. The molecule has 1 aliphatic heterocycles. The fraction of sp³-hybridized carbons (Fsp3) is 0.0714. The van der Waals surface area contributed by atoms with E-state index in [9.17, 15) is 0 Å². The molecule has 0 atom stereocenters. The smallest absolute Gasteiger partial charge is 0.150 e. The van der Waals surface area contributed by atoms with Crippen LogP contribution in [-0.2, 0) is 6.54 Å². The van der Waals surface area contributed by atoms with Gasteiger partial charge in [0.05, 0.1) is 17.3 Å². The summed E-state index contributed by atoms with van der Waals surface area (Å²) in [6.45, 7) is 0.834. The van der Waals surface area contributed by atoms with Crippen LogP contribution in [0.15, 0.2) is 49.0 Å². The largest absolute Gasteiger partial charge is 0.463 e. The van der Waals surface area contributed by atoms with Gasteiger partial charge in [0.2, 0.25) is 0 Å². The second kappa shape index (κ2) is 3.10. The van der Waals surface area contributed by atoms with Gasteiger partial charge in [0.25, 0.3) is 0 Å². The Morgan fingerprint density at radius 3 is 3.18 bits per heavy atom. The van der Waals surface area contributed by atoms with Gasteiger partial charge in [-0.05, 0) is 18.2 Å². The molecule has 3 heteroatoms. The zero-order chi connectivity index (χ0) is 11.2. The summed E-state index contributed by atoms with van der Waals surface area (Å²) < 4.78 is 7.90. The molecule has 82 valence electrons. The molecule has 1 aromatic carbocycles. The minimum atomic E-state index is 0.834. The maximum Gasteiger partial charge on any atom is 0.150 e. The van der Waals surface area contributed by atoms with Crippen LogP contribution in [0.2, 0.25) is 0 Å². The maximum atomic E-state index is 5.63. The van der Waals surface area contributed by atoms with Crippen LogP contribution < -0.4 is 4.74 Å². The van der Waals surface area contributed by atoms with E-state index in [-0.39, 0.29) is 0 Å². The highest BCUT2D eigenvalue weighted by molar-refractivity contribution is 6.09. The standard InChI is InChI=1S/C14H10N2O/c1-3-10-11-9-15-6-5-12(11)16-7-2-8-17-13(4-1)14(10)16/h1-6,8-9H,7H2. The first kappa shape index (κ1) is 8.82. The van der Waals surface area contributed by atoms with Crippen molar-refractivity contribution in [1.29, 1.82) is 0 Å². The number of hydrogen-bond acceptors (Lipinski definition) is 2. The molecule has 2 aromatic heterocycles. The molecule has 17 heavy (non-hydrogen) atoms. The lowest BCUT2D eigenvalue weighted by Crippen LogP contribution is -1.93. The summed E-state index contributed by atoms with van der Waals surface area (Å²) in [5, 5.41) is 2.39. The Balaban J connectivity index is 2.32. The molecule has 0 spiro atoms. The maximum absolute atomic E-state index is 5.63. The number of benzene rings is 1. The van der Waals surface area contributed by atoms with E-state index in [2.05, 4.69) is 21.7 Å². The number of fused-ring (bicyclic) bond motifs is 3. The molecule has 4 rings (SSSR count). The molecule has 0 bridgehead atoms. The van der Waals surface area contributed by atoms with Gasteiger partial charge in [-0.2, -0.15) is 0 Å². The van der Waals surface area contributed by atoms with Crippen LogP contribution >= 0.6 is 0 Å². The number of aromatic nitrogens is 2. The fourth-order valence-electron chi connectivity index (χ4n) is 2.52. The Morgan fingerprint density at radius 2 is 2.18 bits per heavy atom. The molecule has 0 saturated heterocycles. The number of nitrogens with zero attached hydrogens (tertiary/aromatic N) is 2. The number of hydrogen-bond donors (Lipinski definition) is 0. The van der Waals surface area contributed by atoms with Gasteiger partial charge in [-0.25, -0.2) is 0 Å². The summed E-state index contributed by atoms with van der Waals surface area (Å²) in [6, 6.07) is 8.20.